The number of likely N-dealkylation sites (tertiary alicyclic amines) is 1. The zero-order chi connectivity index (χ0) is 23.4. The highest BCUT2D eigenvalue weighted by molar-refractivity contribution is 7.89. The van der Waals surface area contributed by atoms with Crippen LogP contribution in [0.2, 0.25) is 10.0 Å². The monoisotopic (exact) mass is 502 g/mol. The van der Waals surface area contributed by atoms with Crippen molar-refractivity contribution in [3.63, 3.8) is 0 Å². The van der Waals surface area contributed by atoms with E-state index in [4.69, 9.17) is 23.2 Å². The highest BCUT2D eigenvalue weighted by atomic mass is 35.5. The topological polar surface area (TPSA) is 49.4 Å². The summed E-state index contributed by atoms with van der Waals surface area (Å²) in [5, 5.41) is 0.940. The van der Waals surface area contributed by atoms with Gasteiger partial charge in [0.05, 0.1) is 4.90 Å². The van der Waals surface area contributed by atoms with Gasteiger partial charge in [0.2, 0.25) is 10.0 Å². The Balaban J connectivity index is 1.37. The van der Waals surface area contributed by atoms with Crippen molar-refractivity contribution >= 4 is 33.2 Å². The molecule has 0 amide bonds. The van der Waals surface area contributed by atoms with Crippen LogP contribution in [0.3, 0.4) is 0 Å². The van der Waals surface area contributed by atoms with E-state index in [-0.39, 0.29) is 11.4 Å². The Morgan fingerprint density at radius 1 is 0.909 bits per heavy atom. The second-order valence-electron chi connectivity index (χ2n) is 8.60. The molecule has 1 aliphatic rings. The predicted octanol–water partition coefficient (Wildman–Crippen LogP) is 6.17. The number of hydrogen-bond acceptors (Lipinski definition) is 3. The molecule has 0 saturated carbocycles. The van der Waals surface area contributed by atoms with Crippen molar-refractivity contribution in [2.24, 2.45) is 0 Å². The zero-order valence-electron chi connectivity index (χ0n) is 18.6. The minimum absolute atomic E-state index is 0.113. The van der Waals surface area contributed by atoms with Gasteiger partial charge in [0.25, 0.3) is 0 Å². The average molecular weight is 503 g/mol. The normalized spacial score (nSPS) is 16.9. The van der Waals surface area contributed by atoms with Crippen LogP contribution in [0.25, 0.3) is 11.1 Å². The lowest BCUT2D eigenvalue weighted by molar-refractivity contribution is 0.272. The number of halogens is 2. The van der Waals surface area contributed by atoms with E-state index in [2.05, 4.69) is 40.8 Å². The molecule has 33 heavy (non-hydrogen) atoms. The van der Waals surface area contributed by atoms with Crippen molar-refractivity contribution < 1.29 is 8.42 Å². The minimum atomic E-state index is -3.65. The number of nitrogens with zero attached hydrogens (tertiary/aromatic N) is 1. The van der Waals surface area contributed by atoms with Crippen LogP contribution in [0.5, 0.6) is 0 Å². The molecule has 0 bridgehead atoms. The van der Waals surface area contributed by atoms with Crippen LogP contribution in [0, 0.1) is 0 Å². The van der Waals surface area contributed by atoms with E-state index in [9.17, 15) is 8.42 Å². The first-order valence-corrected chi connectivity index (χ1v) is 13.4. The number of sulfonamides is 1. The largest absolute Gasteiger partial charge is 0.300 e. The van der Waals surface area contributed by atoms with Crippen molar-refractivity contribution in [1.82, 2.24) is 9.62 Å². The molecule has 3 aromatic carbocycles. The third kappa shape index (κ3) is 6.37. The molecule has 1 fully saturated rings. The van der Waals surface area contributed by atoms with E-state index in [0.717, 1.165) is 24.1 Å². The molecular formula is C26H28Cl2N2O2S. The number of hydrogen-bond donors (Lipinski definition) is 1. The van der Waals surface area contributed by atoms with Gasteiger partial charge in [0.15, 0.2) is 0 Å². The second kappa shape index (κ2) is 10.6. The highest BCUT2D eigenvalue weighted by Crippen LogP contribution is 2.24. The van der Waals surface area contributed by atoms with E-state index in [1.807, 2.05) is 12.1 Å². The van der Waals surface area contributed by atoms with Gasteiger partial charge in [-0.15, -0.1) is 0 Å². The van der Waals surface area contributed by atoms with Crippen LogP contribution in [-0.4, -0.2) is 32.4 Å². The molecule has 7 heteroatoms. The third-order valence-corrected chi connectivity index (χ3v) is 8.07. The van der Waals surface area contributed by atoms with Gasteiger partial charge in [-0.25, -0.2) is 13.1 Å². The van der Waals surface area contributed by atoms with Crippen molar-refractivity contribution in [2.45, 2.75) is 43.7 Å². The van der Waals surface area contributed by atoms with Crippen LogP contribution in [-0.2, 0) is 23.0 Å². The van der Waals surface area contributed by atoms with Gasteiger partial charge in [-0.05, 0) is 85.3 Å². The Kier molecular flexibility index (Phi) is 7.77. The molecule has 0 spiro atoms. The SMILES string of the molecule is CC1CCCN1CCc1ccc(-c2ccc(S(=O)(=O)NCc3cc(Cl)cc(Cl)c3)cc2)cc1. The Morgan fingerprint density at radius 3 is 2.09 bits per heavy atom. The maximum Gasteiger partial charge on any atom is 0.240 e. The summed E-state index contributed by atoms with van der Waals surface area (Å²) in [4.78, 5) is 2.78. The Hall–Kier alpha value is -1.89. The van der Waals surface area contributed by atoms with Crippen LogP contribution < -0.4 is 4.72 Å². The molecule has 0 aliphatic carbocycles. The van der Waals surface area contributed by atoms with E-state index in [1.165, 1.54) is 24.9 Å². The summed E-state index contributed by atoms with van der Waals surface area (Å²) in [5.41, 5.74) is 4.07. The maximum atomic E-state index is 12.7. The fraction of sp³-hybridized carbons (Fsp3) is 0.308. The molecule has 1 atom stereocenters. The zero-order valence-corrected chi connectivity index (χ0v) is 20.9. The van der Waals surface area contributed by atoms with Crippen molar-refractivity contribution in [1.29, 1.82) is 0 Å². The molecule has 0 radical (unpaired) electrons. The van der Waals surface area contributed by atoms with Crippen LogP contribution >= 0.6 is 23.2 Å². The molecule has 1 N–H and O–H groups in total. The van der Waals surface area contributed by atoms with Gasteiger partial charge in [-0.3, -0.25) is 0 Å². The molecule has 0 aromatic heterocycles. The first-order valence-electron chi connectivity index (χ1n) is 11.2. The Bertz CT molecular complexity index is 1180. The number of rotatable bonds is 8. The van der Waals surface area contributed by atoms with Gasteiger partial charge in [0, 0.05) is 29.2 Å². The molecule has 174 valence electrons. The van der Waals surface area contributed by atoms with Gasteiger partial charge in [0.1, 0.15) is 0 Å². The molecule has 1 aliphatic heterocycles. The van der Waals surface area contributed by atoms with Gasteiger partial charge >= 0.3 is 0 Å². The second-order valence-corrected chi connectivity index (χ2v) is 11.2. The number of nitrogens with one attached hydrogen (secondary N) is 1. The smallest absolute Gasteiger partial charge is 0.240 e. The summed E-state index contributed by atoms with van der Waals surface area (Å²) in [6.45, 7) is 4.72. The standard InChI is InChI=1S/C26H28Cl2N2O2S/c1-19-3-2-13-30(19)14-12-20-4-6-22(7-5-20)23-8-10-26(11-9-23)33(31,32)29-18-21-15-24(27)17-25(28)16-21/h4-11,15-17,19,29H,2-3,12-14,18H2,1H3. The van der Waals surface area contributed by atoms with Crippen LogP contribution in [0.1, 0.15) is 30.9 Å². The molecule has 4 rings (SSSR count). The first-order chi connectivity index (χ1) is 15.8. The van der Waals surface area contributed by atoms with Crippen LogP contribution in [0.15, 0.2) is 71.6 Å². The molecule has 1 saturated heterocycles. The predicted molar refractivity (Wildman–Crippen MR) is 136 cm³/mol. The lowest BCUT2D eigenvalue weighted by atomic mass is 10.0. The first kappa shape index (κ1) is 24.2. The van der Waals surface area contributed by atoms with Gasteiger partial charge in [-0.2, -0.15) is 0 Å². The lowest BCUT2D eigenvalue weighted by Crippen LogP contribution is -2.28. The third-order valence-electron chi connectivity index (χ3n) is 6.22. The summed E-state index contributed by atoms with van der Waals surface area (Å²) in [5.74, 6) is 0. The molecule has 1 heterocycles. The summed E-state index contributed by atoms with van der Waals surface area (Å²) < 4.78 is 28.0. The van der Waals surface area contributed by atoms with E-state index in [1.54, 1.807) is 30.3 Å². The fourth-order valence-corrected chi connectivity index (χ4v) is 5.85. The molecule has 1 unspecified atom stereocenters. The van der Waals surface area contributed by atoms with Crippen molar-refractivity contribution in [3.8, 4) is 11.1 Å². The quantitative estimate of drug-likeness (QED) is 0.400. The van der Waals surface area contributed by atoms with Crippen molar-refractivity contribution in [2.75, 3.05) is 13.1 Å². The van der Waals surface area contributed by atoms with E-state index >= 15 is 0 Å². The summed E-state index contributed by atoms with van der Waals surface area (Å²) in [6, 6.07) is 21.2. The summed E-state index contributed by atoms with van der Waals surface area (Å²) in [6.07, 6.45) is 3.65. The molecule has 4 nitrogen and oxygen atoms in total. The fourth-order valence-electron chi connectivity index (χ4n) is 4.26. The summed E-state index contributed by atoms with van der Waals surface area (Å²) in [7, 11) is -3.65. The van der Waals surface area contributed by atoms with Crippen molar-refractivity contribution in [3.05, 3.63) is 87.9 Å². The average Bonchev–Trinajstić information content (AvgIpc) is 3.21. The number of benzene rings is 3. The summed E-state index contributed by atoms with van der Waals surface area (Å²) >= 11 is 12.0. The maximum absolute atomic E-state index is 12.7. The highest BCUT2D eigenvalue weighted by Gasteiger charge is 2.19. The molecular weight excluding hydrogens is 475 g/mol. The van der Waals surface area contributed by atoms with E-state index < -0.39 is 10.0 Å². The van der Waals surface area contributed by atoms with Gasteiger partial charge < -0.3 is 4.90 Å². The Labute approximate surface area is 206 Å². The lowest BCUT2D eigenvalue weighted by Gasteiger charge is -2.20. The Morgan fingerprint density at radius 2 is 1.52 bits per heavy atom. The van der Waals surface area contributed by atoms with E-state index in [0.29, 0.717) is 21.7 Å². The van der Waals surface area contributed by atoms with Crippen LogP contribution in [0.4, 0.5) is 0 Å². The molecule has 3 aromatic rings. The minimum Gasteiger partial charge on any atom is -0.300 e. The van der Waals surface area contributed by atoms with Gasteiger partial charge in [-0.1, -0.05) is 59.6 Å².